The zero-order valence-electron chi connectivity index (χ0n) is 20.2. The average Bonchev–Trinajstić information content (AvgIpc) is 2.76. The van der Waals surface area contributed by atoms with Crippen LogP contribution in [0.25, 0.3) is 0 Å². The molecule has 0 aromatic heterocycles. The third kappa shape index (κ3) is 7.17. The monoisotopic (exact) mass is 479 g/mol. The van der Waals surface area contributed by atoms with Crippen molar-refractivity contribution in [1.29, 1.82) is 0 Å². The second kappa shape index (κ2) is 10.4. The van der Waals surface area contributed by atoms with Crippen LogP contribution in [0, 0.1) is 5.92 Å². The average molecular weight is 480 g/mol. The largest absolute Gasteiger partial charge is 0.444 e. The van der Waals surface area contributed by atoms with Gasteiger partial charge in [0, 0.05) is 38.8 Å². The van der Waals surface area contributed by atoms with E-state index in [9.17, 15) is 18.0 Å². The first kappa shape index (κ1) is 25.5. The van der Waals surface area contributed by atoms with Gasteiger partial charge in [0.15, 0.2) is 0 Å². The van der Waals surface area contributed by atoms with E-state index >= 15 is 0 Å². The molecular formula is C24H37N3O5S. The van der Waals surface area contributed by atoms with Crippen LogP contribution in [0.1, 0.15) is 52.0 Å². The molecule has 8 nitrogen and oxygen atoms in total. The Morgan fingerprint density at radius 2 is 1.73 bits per heavy atom. The first-order valence-corrected chi connectivity index (χ1v) is 13.6. The lowest BCUT2D eigenvalue weighted by Gasteiger charge is -2.42. The first-order valence-electron chi connectivity index (χ1n) is 11.7. The van der Waals surface area contributed by atoms with Crippen LogP contribution in [-0.2, 0) is 26.1 Å². The van der Waals surface area contributed by atoms with Crippen molar-refractivity contribution in [2.24, 2.45) is 5.92 Å². The summed E-state index contributed by atoms with van der Waals surface area (Å²) in [6.45, 7) is 7.64. The molecule has 2 heterocycles. The molecule has 0 saturated carbocycles. The van der Waals surface area contributed by atoms with E-state index < -0.39 is 15.6 Å². The number of rotatable bonds is 5. The molecule has 3 rings (SSSR count). The van der Waals surface area contributed by atoms with Crippen molar-refractivity contribution in [3.8, 4) is 0 Å². The summed E-state index contributed by atoms with van der Waals surface area (Å²) in [5, 5.41) is 0. The van der Waals surface area contributed by atoms with Crippen LogP contribution in [0.4, 0.5) is 4.79 Å². The predicted molar refractivity (Wildman–Crippen MR) is 127 cm³/mol. The number of likely N-dealkylation sites (tertiary alicyclic amines) is 1. The zero-order valence-corrected chi connectivity index (χ0v) is 21.0. The summed E-state index contributed by atoms with van der Waals surface area (Å²) in [6, 6.07) is 9.64. The first-order chi connectivity index (χ1) is 15.4. The molecule has 0 bridgehead atoms. The summed E-state index contributed by atoms with van der Waals surface area (Å²) in [6.07, 6.45) is 3.74. The van der Waals surface area contributed by atoms with Crippen LogP contribution in [0.3, 0.4) is 0 Å². The molecule has 0 spiro atoms. The molecule has 2 aliphatic heterocycles. The van der Waals surface area contributed by atoms with Gasteiger partial charge < -0.3 is 14.5 Å². The van der Waals surface area contributed by atoms with Gasteiger partial charge >= 0.3 is 6.09 Å². The number of piperidine rings is 2. The lowest BCUT2D eigenvalue weighted by atomic mass is 9.95. The highest BCUT2D eigenvalue weighted by Gasteiger charge is 2.37. The number of ether oxygens (including phenoxy) is 1. The van der Waals surface area contributed by atoms with Gasteiger partial charge in [-0.2, -0.15) is 0 Å². The molecule has 2 amide bonds. The summed E-state index contributed by atoms with van der Waals surface area (Å²) in [4.78, 5) is 30.0. The van der Waals surface area contributed by atoms with E-state index in [4.69, 9.17) is 4.74 Å². The van der Waals surface area contributed by atoms with Crippen molar-refractivity contribution in [2.45, 2.75) is 64.6 Å². The molecule has 2 atom stereocenters. The van der Waals surface area contributed by atoms with Gasteiger partial charge in [-0.1, -0.05) is 30.3 Å². The number of hydrogen-bond acceptors (Lipinski definition) is 5. The summed E-state index contributed by atoms with van der Waals surface area (Å²) < 4.78 is 31.2. The lowest BCUT2D eigenvalue weighted by molar-refractivity contribution is -0.141. The zero-order chi connectivity index (χ0) is 24.2. The summed E-state index contributed by atoms with van der Waals surface area (Å²) in [7, 11) is -3.35. The minimum atomic E-state index is -3.35. The minimum Gasteiger partial charge on any atom is -0.444 e. The quantitative estimate of drug-likeness (QED) is 0.648. The number of sulfonamides is 1. The van der Waals surface area contributed by atoms with Crippen molar-refractivity contribution >= 4 is 22.0 Å². The van der Waals surface area contributed by atoms with E-state index in [1.807, 2.05) is 56.0 Å². The van der Waals surface area contributed by atoms with Crippen molar-refractivity contribution < 1.29 is 22.7 Å². The van der Waals surface area contributed by atoms with Crippen LogP contribution in [-0.4, -0.2) is 78.6 Å². The Balaban J connectivity index is 1.80. The van der Waals surface area contributed by atoms with Crippen LogP contribution >= 0.6 is 0 Å². The number of carbonyl (C=O) groups excluding carboxylic acids is 2. The summed E-state index contributed by atoms with van der Waals surface area (Å²) in [5.74, 6) is -0.419. The molecule has 2 unspecified atom stereocenters. The third-order valence-corrected chi connectivity index (χ3v) is 7.44. The van der Waals surface area contributed by atoms with E-state index in [1.165, 1.54) is 10.6 Å². The van der Waals surface area contributed by atoms with Crippen LogP contribution in [0.5, 0.6) is 0 Å². The molecule has 184 valence electrons. The molecule has 9 heteroatoms. The highest BCUT2D eigenvalue weighted by molar-refractivity contribution is 7.88. The number of benzene rings is 1. The molecule has 2 aliphatic rings. The second-order valence-corrected chi connectivity index (χ2v) is 12.1. The molecule has 33 heavy (non-hydrogen) atoms. The van der Waals surface area contributed by atoms with Crippen LogP contribution in [0.15, 0.2) is 30.3 Å². The van der Waals surface area contributed by atoms with Gasteiger partial charge in [0.25, 0.3) is 0 Å². The fourth-order valence-corrected chi connectivity index (χ4v) is 5.46. The Kier molecular flexibility index (Phi) is 8.05. The molecule has 2 saturated heterocycles. The SMILES string of the molecule is CC(C)(C)OC(=O)N1CCCC(N(Cc2ccccc2)C(=O)C2CCCN(S(C)(=O)=O)C2)C1. The normalized spacial score (nSPS) is 22.6. The van der Waals surface area contributed by atoms with E-state index in [1.54, 1.807) is 4.90 Å². The minimum absolute atomic E-state index is 0.0387. The molecule has 0 aliphatic carbocycles. The Labute approximate surface area is 197 Å². The predicted octanol–water partition coefficient (Wildman–Crippen LogP) is 3.09. The summed E-state index contributed by atoms with van der Waals surface area (Å²) >= 11 is 0. The highest BCUT2D eigenvalue weighted by atomic mass is 32.2. The molecule has 0 N–H and O–H groups in total. The van der Waals surface area contributed by atoms with E-state index in [0.717, 1.165) is 18.4 Å². The molecular weight excluding hydrogens is 442 g/mol. The van der Waals surface area contributed by atoms with Gasteiger partial charge in [0.2, 0.25) is 15.9 Å². The number of carbonyl (C=O) groups is 2. The fraction of sp³-hybridized carbons (Fsp3) is 0.667. The number of amides is 2. The van der Waals surface area contributed by atoms with Crippen molar-refractivity contribution in [1.82, 2.24) is 14.1 Å². The van der Waals surface area contributed by atoms with Crippen LogP contribution in [0.2, 0.25) is 0 Å². The third-order valence-electron chi connectivity index (χ3n) is 6.17. The number of nitrogens with zero attached hydrogens (tertiary/aromatic N) is 3. The Hall–Kier alpha value is -2.13. The maximum absolute atomic E-state index is 13.7. The van der Waals surface area contributed by atoms with Crippen molar-refractivity contribution in [3.63, 3.8) is 0 Å². The molecule has 2 fully saturated rings. The maximum atomic E-state index is 13.7. The Bertz CT molecular complexity index is 929. The lowest BCUT2D eigenvalue weighted by Crippen LogP contribution is -2.55. The van der Waals surface area contributed by atoms with Gasteiger partial charge in [0.1, 0.15) is 5.60 Å². The molecule has 1 aromatic rings. The van der Waals surface area contributed by atoms with Gasteiger partial charge in [-0.25, -0.2) is 17.5 Å². The van der Waals surface area contributed by atoms with Gasteiger partial charge in [-0.15, -0.1) is 0 Å². The van der Waals surface area contributed by atoms with Crippen molar-refractivity contribution in [2.75, 3.05) is 32.4 Å². The molecule has 0 radical (unpaired) electrons. The summed E-state index contributed by atoms with van der Waals surface area (Å²) in [5.41, 5.74) is 0.428. The van der Waals surface area contributed by atoms with Crippen LogP contribution < -0.4 is 0 Å². The fourth-order valence-electron chi connectivity index (χ4n) is 4.55. The van der Waals surface area contributed by atoms with Gasteiger partial charge in [-0.05, 0) is 52.0 Å². The van der Waals surface area contributed by atoms with Crippen molar-refractivity contribution in [3.05, 3.63) is 35.9 Å². The van der Waals surface area contributed by atoms with Gasteiger partial charge in [0.05, 0.1) is 12.2 Å². The molecule has 1 aromatic carbocycles. The second-order valence-electron chi connectivity index (χ2n) is 10.1. The van der Waals surface area contributed by atoms with E-state index in [2.05, 4.69) is 0 Å². The smallest absolute Gasteiger partial charge is 0.410 e. The van der Waals surface area contributed by atoms with Gasteiger partial charge in [-0.3, -0.25) is 4.79 Å². The number of hydrogen-bond donors (Lipinski definition) is 0. The Morgan fingerprint density at radius 1 is 1.06 bits per heavy atom. The van der Waals surface area contributed by atoms with E-state index in [0.29, 0.717) is 39.0 Å². The topological polar surface area (TPSA) is 87.2 Å². The maximum Gasteiger partial charge on any atom is 0.410 e. The highest BCUT2D eigenvalue weighted by Crippen LogP contribution is 2.26. The standard InChI is InChI=1S/C24H37N3O5S/c1-24(2,3)32-23(29)25-14-9-13-21(18-25)27(16-19-10-6-5-7-11-19)22(28)20-12-8-15-26(17-20)33(4,30)31/h5-7,10-11,20-21H,8-9,12-18H2,1-4H3. The van der Waals surface area contributed by atoms with E-state index in [-0.39, 0.29) is 30.5 Å². The Morgan fingerprint density at radius 3 is 2.36 bits per heavy atom.